The molecule has 1 fully saturated rings. The summed E-state index contributed by atoms with van der Waals surface area (Å²) in [6.07, 6.45) is 5.24. The van der Waals surface area contributed by atoms with Crippen LogP contribution in [-0.2, 0) is 4.74 Å². The molecule has 1 atom stereocenters. The van der Waals surface area contributed by atoms with E-state index >= 15 is 0 Å². The van der Waals surface area contributed by atoms with Gasteiger partial charge in [0.25, 0.3) is 11.8 Å². The van der Waals surface area contributed by atoms with Crippen LogP contribution in [0, 0.1) is 0 Å². The zero-order valence-electron chi connectivity index (χ0n) is 13.5. The van der Waals surface area contributed by atoms with E-state index < -0.39 is 0 Å². The second-order valence-corrected chi connectivity index (χ2v) is 6.68. The molecule has 2 aromatic rings. The Morgan fingerprint density at radius 1 is 1.16 bits per heavy atom. The average molecular weight is 404 g/mol. The Morgan fingerprint density at radius 2 is 1.96 bits per heavy atom. The largest absolute Gasteiger partial charge is 0.376 e. The standard InChI is InChI=1S/C18H18BrN3O3/c19-14-8-13(9-20-10-14)18(24)22-15-5-3-12(4-6-15)17(23)21-11-16-2-1-7-25-16/h3-6,8-10,16H,1-2,7,11H2,(H,21,23)(H,22,24). The monoisotopic (exact) mass is 403 g/mol. The summed E-state index contributed by atoms with van der Waals surface area (Å²) < 4.78 is 6.22. The van der Waals surface area contributed by atoms with Crippen molar-refractivity contribution in [2.24, 2.45) is 0 Å². The highest BCUT2D eigenvalue weighted by atomic mass is 79.9. The topological polar surface area (TPSA) is 80.3 Å². The highest BCUT2D eigenvalue weighted by Crippen LogP contribution is 2.14. The van der Waals surface area contributed by atoms with Gasteiger partial charge in [-0.3, -0.25) is 14.6 Å². The molecule has 7 heteroatoms. The molecule has 25 heavy (non-hydrogen) atoms. The third-order valence-corrected chi connectivity index (χ3v) is 4.32. The van der Waals surface area contributed by atoms with Crippen molar-refractivity contribution in [3.8, 4) is 0 Å². The maximum Gasteiger partial charge on any atom is 0.257 e. The first-order chi connectivity index (χ1) is 12.1. The van der Waals surface area contributed by atoms with Gasteiger partial charge in [0.05, 0.1) is 11.7 Å². The number of hydrogen-bond donors (Lipinski definition) is 2. The highest BCUT2D eigenvalue weighted by Gasteiger charge is 2.16. The normalized spacial score (nSPS) is 16.4. The fourth-order valence-electron chi connectivity index (χ4n) is 2.56. The molecule has 130 valence electrons. The summed E-state index contributed by atoms with van der Waals surface area (Å²) in [6, 6.07) is 8.45. The number of carbonyl (C=O) groups is 2. The summed E-state index contributed by atoms with van der Waals surface area (Å²) in [5, 5.41) is 5.65. The van der Waals surface area contributed by atoms with E-state index in [1.807, 2.05) is 0 Å². The maximum atomic E-state index is 12.2. The minimum atomic E-state index is -0.260. The number of carbonyl (C=O) groups excluding carboxylic acids is 2. The minimum absolute atomic E-state index is 0.112. The number of nitrogens with zero attached hydrogens (tertiary/aromatic N) is 1. The number of hydrogen-bond acceptors (Lipinski definition) is 4. The van der Waals surface area contributed by atoms with E-state index in [1.54, 1.807) is 36.5 Å². The Labute approximate surface area is 154 Å². The van der Waals surface area contributed by atoms with Crippen LogP contribution in [0.25, 0.3) is 0 Å². The molecule has 0 aliphatic carbocycles. The van der Waals surface area contributed by atoms with Crippen molar-refractivity contribution in [3.05, 3.63) is 58.3 Å². The Bertz CT molecular complexity index is 758. The number of anilines is 1. The van der Waals surface area contributed by atoms with Crippen LogP contribution in [-0.4, -0.2) is 36.1 Å². The first-order valence-electron chi connectivity index (χ1n) is 8.03. The van der Waals surface area contributed by atoms with Crippen LogP contribution in [0.3, 0.4) is 0 Å². The van der Waals surface area contributed by atoms with E-state index in [-0.39, 0.29) is 17.9 Å². The number of pyridine rings is 1. The number of aromatic nitrogens is 1. The second-order valence-electron chi connectivity index (χ2n) is 5.77. The van der Waals surface area contributed by atoms with Gasteiger partial charge in [-0.2, -0.15) is 0 Å². The Morgan fingerprint density at radius 3 is 2.64 bits per heavy atom. The van der Waals surface area contributed by atoms with Crippen LogP contribution in [0.4, 0.5) is 5.69 Å². The van der Waals surface area contributed by atoms with Gasteiger partial charge in [-0.25, -0.2) is 0 Å². The predicted molar refractivity (Wildman–Crippen MR) is 97.6 cm³/mol. The number of benzene rings is 1. The molecule has 1 saturated heterocycles. The lowest BCUT2D eigenvalue weighted by molar-refractivity contribution is 0.0857. The number of rotatable bonds is 5. The molecular weight excluding hydrogens is 386 g/mol. The third kappa shape index (κ3) is 4.87. The van der Waals surface area contributed by atoms with E-state index in [0.717, 1.165) is 23.9 Å². The number of nitrogens with one attached hydrogen (secondary N) is 2. The summed E-state index contributed by atoms with van der Waals surface area (Å²) in [5.41, 5.74) is 1.61. The maximum absolute atomic E-state index is 12.2. The van der Waals surface area contributed by atoms with Crippen molar-refractivity contribution in [2.45, 2.75) is 18.9 Å². The zero-order valence-corrected chi connectivity index (χ0v) is 15.1. The van der Waals surface area contributed by atoms with Crippen molar-refractivity contribution < 1.29 is 14.3 Å². The van der Waals surface area contributed by atoms with Crippen LogP contribution >= 0.6 is 15.9 Å². The first-order valence-corrected chi connectivity index (χ1v) is 8.83. The van der Waals surface area contributed by atoms with Gasteiger partial charge in [0, 0.05) is 41.3 Å². The van der Waals surface area contributed by atoms with E-state index in [0.29, 0.717) is 23.4 Å². The lowest BCUT2D eigenvalue weighted by atomic mass is 10.1. The van der Waals surface area contributed by atoms with Crippen LogP contribution in [0.1, 0.15) is 33.6 Å². The summed E-state index contributed by atoms with van der Waals surface area (Å²) in [6.45, 7) is 1.29. The van der Waals surface area contributed by atoms with Gasteiger partial charge in [-0.1, -0.05) is 0 Å². The first kappa shape index (κ1) is 17.6. The lowest BCUT2D eigenvalue weighted by Gasteiger charge is -2.11. The van der Waals surface area contributed by atoms with Gasteiger partial charge in [0.2, 0.25) is 0 Å². The molecule has 6 nitrogen and oxygen atoms in total. The molecule has 0 saturated carbocycles. The highest BCUT2D eigenvalue weighted by molar-refractivity contribution is 9.10. The van der Waals surface area contributed by atoms with E-state index in [4.69, 9.17) is 4.74 Å². The molecule has 1 unspecified atom stereocenters. The zero-order chi connectivity index (χ0) is 17.6. The fraction of sp³-hybridized carbons (Fsp3) is 0.278. The lowest BCUT2D eigenvalue weighted by Crippen LogP contribution is -2.31. The molecule has 2 amide bonds. The quantitative estimate of drug-likeness (QED) is 0.803. The molecule has 0 bridgehead atoms. The molecule has 1 aliphatic heterocycles. The smallest absolute Gasteiger partial charge is 0.257 e. The molecule has 1 aromatic heterocycles. The Hall–Kier alpha value is -2.25. The van der Waals surface area contributed by atoms with Gasteiger partial charge < -0.3 is 15.4 Å². The summed E-state index contributed by atoms with van der Waals surface area (Å²) in [4.78, 5) is 28.3. The van der Waals surface area contributed by atoms with E-state index in [2.05, 4.69) is 31.5 Å². The minimum Gasteiger partial charge on any atom is -0.376 e. The molecule has 2 N–H and O–H groups in total. The number of ether oxygens (including phenoxy) is 1. The molecule has 0 radical (unpaired) electrons. The van der Waals surface area contributed by atoms with Gasteiger partial charge in [-0.15, -0.1) is 0 Å². The van der Waals surface area contributed by atoms with Crippen LogP contribution in [0.2, 0.25) is 0 Å². The van der Waals surface area contributed by atoms with Gasteiger partial charge in [-0.05, 0) is 59.1 Å². The van der Waals surface area contributed by atoms with Crippen LogP contribution in [0.15, 0.2) is 47.2 Å². The number of amides is 2. The summed E-state index contributed by atoms with van der Waals surface area (Å²) in [7, 11) is 0. The predicted octanol–water partition coefficient (Wildman–Crippen LogP) is 3.01. The van der Waals surface area contributed by atoms with E-state index in [1.165, 1.54) is 6.20 Å². The Kier molecular flexibility index (Phi) is 5.78. The van der Waals surface area contributed by atoms with Crippen LogP contribution < -0.4 is 10.6 Å². The van der Waals surface area contributed by atoms with Gasteiger partial charge in [0.15, 0.2) is 0 Å². The molecular formula is C18H18BrN3O3. The van der Waals surface area contributed by atoms with Gasteiger partial charge >= 0.3 is 0 Å². The summed E-state index contributed by atoms with van der Waals surface area (Å²) >= 11 is 3.28. The van der Waals surface area contributed by atoms with Crippen LogP contribution in [0.5, 0.6) is 0 Å². The van der Waals surface area contributed by atoms with Crippen molar-refractivity contribution in [1.29, 1.82) is 0 Å². The SMILES string of the molecule is O=C(NCC1CCCO1)c1ccc(NC(=O)c2cncc(Br)c2)cc1. The summed E-state index contributed by atoms with van der Waals surface area (Å²) in [5.74, 6) is -0.408. The fourth-order valence-corrected chi connectivity index (χ4v) is 2.92. The van der Waals surface area contributed by atoms with Crippen molar-refractivity contribution in [1.82, 2.24) is 10.3 Å². The molecule has 3 rings (SSSR count). The van der Waals surface area contributed by atoms with Gasteiger partial charge in [0.1, 0.15) is 0 Å². The molecule has 2 heterocycles. The van der Waals surface area contributed by atoms with Crippen molar-refractivity contribution in [3.63, 3.8) is 0 Å². The number of halogens is 1. The van der Waals surface area contributed by atoms with Crippen molar-refractivity contribution >= 4 is 33.4 Å². The van der Waals surface area contributed by atoms with E-state index in [9.17, 15) is 9.59 Å². The third-order valence-electron chi connectivity index (χ3n) is 3.89. The second kappa shape index (κ2) is 8.22. The average Bonchev–Trinajstić information content (AvgIpc) is 3.14. The molecule has 1 aromatic carbocycles. The Balaban J connectivity index is 1.56. The molecule has 1 aliphatic rings. The van der Waals surface area contributed by atoms with Crippen molar-refractivity contribution in [2.75, 3.05) is 18.5 Å². The molecule has 0 spiro atoms.